The van der Waals surface area contributed by atoms with E-state index >= 15 is 0 Å². The number of aliphatic hydroxyl groups is 2. The van der Waals surface area contributed by atoms with Crippen molar-refractivity contribution < 1.29 is 14.9 Å². The topological polar surface area (TPSA) is 49.7 Å². The van der Waals surface area contributed by atoms with Gasteiger partial charge in [-0.3, -0.25) is 0 Å². The van der Waals surface area contributed by atoms with Crippen LogP contribution in [0.2, 0.25) is 0 Å². The lowest BCUT2D eigenvalue weighted by Crippen LogP contribution is -2.23. The molecule has 1 aliphatic rings. The average Bonchev–Trinajstić information content (AvgIpc) is 2.41. The maximum Gasteiger partial charge on any atom is 0.0631 e. The largest absolute Gasteiger partial charge is 0.396 e. The van der Waals surface area contributed by atoms with Crippen molar-refractivity contribution >= 4 is 0 Å². The van der Waals surface area contributed by atoms with Gasteiger partial charge in [0, 0.05) is 19.1 Å². The zero-order chi connectivity index (χ0) is 9.90. The summed E-state index contributed by atoms with van der Waals surface area (Å²) in [5.41, 5.74) is -0.0138. The minimum absolute atomic E-state index is 0.0138. The maximum atomic E-state index is 8.90. The average molecular weight is 188 g/mol. The first kappa shape index (κ1) is 11.0. The second-order valence-electron chi connectivity index (χ2n) is 4.51. The normalized spacial score (nSPS) is 27.0. The zero-order valence-electron chi connectivity index (χ0n) is 8.49. The molecule has 1 saturated heterocycles. The van der Waals surface area contributed by atoms with Gasteiger partial charge in [0.2, 0.25) is 0 Å². The van der Waals surface area contributed by atoms with Gasteiger partial charge in [0.1, 0.15) is 0 Å². The minimum Gasteiger partial charge on any atom is -0.396 e. The van der Waals surface area contributed by atoms with Crippen LogP contribution in [0.25, 0.3) is 0 Å². The van der Waals surface area contributed by atoms with Gasteiger partial charge in [0.25, 0.3) is 0 Å². The Morgan fingerprint density at radius 2 is 2.00 bits per heavy atom. The molecule has 0 aromatic rings. The molecule has 1 atom stereocenters. The fourth-order valence-corrected chi connectivity index (χ4v) is 1.82. The lowest BCUT2D eigenvalue weighted by atomic mass is 10.00. The van der Waals surface area contributed by atoms with Crippen molar-refractivity contribution in [2.45, 2.75) is 44.8 Å². The lowest BCUT2D eigenvalue weighted by Gasteiger charge is -2.21. The van der Waals surface area contributed by atoms with Gasteiger partial charge in [-0.15, -0.1) is 0 Å². The smallest absolute Gasteiger partial charge is 0.0631 e. The van der Waals surface area contributed by atoms with Gasteiger partial charge in [0.05, 0.1) is 11.7 Å². The molecule has 0 aromatic heterocycles. The fraction of sp³-hybridized carbons (Fsp3) is 1.00. The Kier molecular flexibility index (Phi) is 3.71. The molecule has 0 saturated carbocycles. The summed E-state index contributed by atoms with van der Waals surface area (Å²) in [6.45, 7) is 4.27. The highest BCUT2D eigenvalue weighted by molar-refractivity contribution is 4.81. The number of hydrogen-bond donors (Lipinski definition) is 2. The molecule has 0 amide bonds. The molecule has 0 spiro atoms. The molecule has 0 aliphatic carbocycles. The third kappa shape index (κ3) is 3.25. The zero-order valence-corrected chi connectivity index (χ0v) is 8.49. The van der Waals surface area contributed by atoms with Crippen molar-refractivity contribution in [1.82, 2.24) is 0 Å². The van der Waals surface area contributed by atoms with Crippen molar-refractivity contribution in [1.29, 1.82) is 0 Å². The molecule has 1 fully saturated rings. The van der Waals surface area contributed by atoms with E-state index in [0.717, 1.165) is 19.3 Å². The number of rotatable bonds is 4. The summed E-state index contributed by atoms with van der Waals surface area (Å²) < 4.78 is 5.76. The first-order chi connectivity index (χ1) is 6.07. The molecule has 1 rings (SSSR count). The van der Waals surface area contributed by atoms with Crippen LogP contribution in [-0.4, -0.2) is 35.1 Å². The van der Waals surface area contributed by atoms with Crippen molar-refractivity contribution in [2.24, 2.45) is 5.92 Å². The molecule has 1 aliphatic heterocycles. The van der Waals surface area contributed by atoms with Crippen LogP contribution in [0.4, 0.5) is 0 Å². The Morgan fingerprint density at radius 1 is 1.38 bits per heavy atom. The number of aliphatic hydroxyl groups excluding tert-OH is 2. The van der Waals surface area contributed by atoms with E-state index in [9.17, 15) is 0 Å². The Labute approximate surface area is 79.7 Å². The predicted octanol–water partition coefficient (Wildman–Crippen LogP) is 0.935. The van der Waals surface area contributed by atoms with Crippen molar-refractivity contribution in [3.8, 4) is 0 Å². The summed E-state index contributed by atoms with van der Waals surface area (Å²) in [5.74, 6) is -0.0149. The summed E-state index contributed by atoms with van der Waals surface area (Å²) in [6.07, 6.45) is 3.11. The molecule has 2 N–H and O–H groups in total. The van der Waals surface area contributed by atoms with Gasteiger partial charge in [-0.1, -0.05) is 0 Å². The van der Waals surface area contributed by atoms with Crippen LogP contribution in [0.1, 0.15) is 33.1 Å². The van der Waals surface area contributed by atoms with Gasteiger partial charge in [0.15, 0.2) is 0 Å². The molecular formula is C10H20O3. The third-order valence-electron chi connectivity index (χ3n) is 2.67. The van der Waals surface area contributed by atoms with E-state index in [1.165, 1.54) is 0 Å². The van der Waals surface area contributed by atoms with Crippen LogP contribution in [0.15, 0.2) is 0 Å². The summed E-state index contributed by atoms with van der Waals surface area (Å²) in [4.78, 5) is 0. The third-order valence-corrected chi connectivity index (χ3v) is 2.67. The number of hydrogen-bond acceptors (Lipinski definition) is 3. The molecule has 0 bridgehead atoms. The van der Waals surface area contributed by atoms with Gasteiger partial charge < -0.3 is 14.9 Å². The van der Waals surface area contributed by atoms with Crippen LogP contribution in [0, 0.1) is 5.92 Å². The molecule has 1 unspecified atom stereocenters. The summed E-state index contributed by atoms with van der Waals surface area (Å²) >= 11 is 0. The molecule has 78 valence electrons. The highest BCUT2D eigenvalue weighted by atomic mass is 16.5. The van der Waals surface area contributed by atoms with E-state index < -0.39 is 0 Å². The molecule has 13 heavy (non-hydrogen) atoms. The maximum absolute atomic E-state index is 8.90. The van der Waals surface area contributed by atoms with E-state index in [1.54, 1.807) is 0 Å². The second-order valence-corrected chi connectivity index (χ2v) is 4.51. The predicted molar refractivity (Wildman–Crippen MR) is 50.5 cm³/mol. The van der Waals surface area contributed by atoms with E-state index in [1.807, 2.05) is 0 Å². The molecule has 3 heteroatoms. The van der Waals surface area contributed by atoms with Crippen LogP contribution in [0.5, 0.6) is 0 Å². The summed E-state index contributed by atoms with van der Waals surface area (Å²) in [5, 5.41) is 17.8. The molecule has 1 heterocycles. The second kappa shape index (κ2) is 4.40. The van der Waals surface area contributed by atoms with Crippen LogP contribution in [0.3, 0.4) is 0 Å². The molecule has 0 aromatic carbocycles. The van der Waals surface area contributed by atoms with Crippen LogP contribution >= 0.6 is 0 Å². The van der Waals surface area contributed by atoms with Gasteiger partial charge >= 0.3 is 0 Å². The van der Waals surface area contributed by atoms with Gasteiger partial charge in [-0.2, -0.15) is 0 Å². The van der Waals surface area contributed by atoms with Crippen molar-refractivity contribution in [3.63, 3.8) is 0 Å². The monoisotopic (exact) mass is 188 g/mol. The quantitative estimate of drug-likeness (QED) is 0.690. The first-order valence-corrected chi connectivity index (χ1v) is 4.97. The lowest BCUT2D eigenvalue weighted by molar-refractivity contribution is -0.0318. The minimum atomic E-state index is -0.0149. The van der Waals surface area contributed by atoms with E-state index in [2.05, 4.69) is 13.8 Å². The highest BCUT2D eigenvalue weighted by Gasteiger charge is 2.32. The molecular weight excluding hydrogens is 168 g/mol. The van der Waals surface area contributed by atoms with E-state index in [4.69, 9.17) is 14.9 Å². The van der Waals surface area contributed by atoms with Crippen molar-refractivity contribution in [3.05, 3.63) is 0 Å². The Balaban J connectivity index is 2.31. The van der Waals surface area contributed by atoms with Crippen molar-refractivity contribution in [2.75, 3.05) is 13.2 Å². The molecule has 0 radical (unpaired) electrons. The Hall–Kier alpha value is -0.120. The molecule has 3 nitrogen and oxygen atoms in total. The van der Waals surface area contributed by atoms with Crippen LogP contribution < -0.4 is 0 Å². The van der Waals surface area contributed by atoms with Gasteiger partial charge in [-0.25, -0.2) is 0 Å². The Morgan fingerprint density at radius 3 is 2.38 bits per heavy atom. The summed E-state index contributed by atoms with van der Waals surface area (Å²) in [6, 6.07) is 0. The summed E-state index contributed by atoms with van der Waals surface area (Å²) in [7, 11) is 0. The standard InChI is InChI=1S/C10H20O3/c1-10(2)4-3-9(13-10)5-8(6-11)7-12/h8-9,11-12H,3-7H2,1-2H3. The van der Waals surface area contributed by atoms with E-state index in [0.29, 0.717) is 0 Å². The SMILES string of the molecule is CC1(C)CCC(CC(CO)CO)O1. The fourth-order valence-electron chi connectivity index (χ4n) is 1.82. The van der Waals surface area contributed by atoms with Gasteiger partial charge in [-0.05, 0) is 33.1 Å². The van der Waals surface area contributed by atoms with E-state index in [-0.39, 0.29) is 30.8 Å². The number of ether oxygens (including phenoxy) is 1. The van der Waals surface area contributed by atoms with Crippen LogP contribution in [-0.2, 0) is 4.74 Å². The Bertz CT molecular complexity index is 152. The highest BCUT2D eigenvalue weighted by Crippen LogP contribution is 2.32. The first-order valence-electron chi connectivity index (χ1n) is 4.97.